The van der Waals surface area contributed by atoms with E-state index in [2.05, 4.69) is 25.5 Å². The van der Waals surface area contributed by atoms with Crippen LogP contribution in [0.4, 0.5) is 5.82 Å². The van der Waals surface area contributed by atoms with Gasteiger partial charge in [0.15, 0.2) is 11.5 Å². The molecular formula is C21H16ClN7OS. The number of hydrogen-bond donors (Lipinski definition) is 1. The molecule has 0 fully saturated rings. The predicted octanol–water partition coefficient (Wildman–Crippen LogP) is 4.21. The van der Waals surface area contributed by atoms with Gasteiger partial charge in [-0.15, -0.1) is 11.3 Å². The Kier molecular flexibility index (Phi) is 4.97. The van der Waals surface area contributed by atoms with E-state index in [4.69, 9.17) is 11.6 Å². The smallest absolute Gasteiger partial charge is 0.230 e. The Hall–Kier alpha value is -3.56. The van der Waals surface area contributed by atoms with Gasteiger partial charge in [-0.2, -0.15) is 14.9 Å². The first-order chi connectivity index (χ1) is 15.1. The molecule has 1 N–H and O–H groups in total. The maximum Gasteiger partial charge on any atom is 0.230 e. The minimum atomic E-state index is -0.120. The number of aromatic nitrogens is 6. The maximum absolute atomic E-state index is 12.5. The highest BCUT2D eigenvalue weighted by Crippen LogP contribution is 2.25. The van der Waals surface area contributed by atoms with Crippen molar-refractivity contribution < 1.29 is 4.79 Å². The molecule has 0 aliphatic carbocycles. The molecule has 0 saturated heterocycles. The number of amides is 1. The number of carbonyl (C=O) groups is 1. The quantitative estimate of drug-likeness (QED) is 0.434. The second kappa shape index (κ2) is 7.93. The molecule has 1 aromatic carbocycles. The Balaban J connectivity index is 1.53. The number of anilines is 1. The number of aryl methyl sites for hydroxylation is 1. The summed E-state index contributed by atoms with van der Waals surface area (Å²) in [5, 5.41) is 15.2. The fourth-order valence-electron chi connectivity index (χ4n) is 3.28. The van der Waals surface area contributed by atoms with Crippen molar-refractivity contribution in [2.75, 3.05) is 5.32 Å². The first kappa shape index (κ1) is 19.4. The number of halogens is 1. The van der Waals surface area contributed by atoms with Crippen LogP contribution in [0, 0.1) is 6.92 Å². The van der Waals surface area contributed by atoms with Crippen molar-refractivity contribution in [3.8, 4) is 11.5 Å². The van der Waals surface area contributed by atoms with E-state index in [1.54, 1.807) is 39.0 Å². The van der Waals surface area contributed by atoms with Crippen LogP contribution in [0.25, 0.3) is 22.5 Å². The Morgan fingerprint density at radius 3 is 2.77 bits per heavy atom. The molecule has 4 heterocycles. The van der Waals surface area contributed by atoms with Gasteiger partial charge in [0.2, 0.25) is 5.91 Å². The molecule has 5 rings (SSSR count). The van der Waals surface area contributed by atoms with Gasteiger partial charge in [-0.3, -0.25) is 4.79 Å². The number of nitrogens with zero attached hydrogens (tertiary/aromatic N) is 6. The SMILES string of the molecule is Cc1cc(NC(=O)Cc2cccs2)n(-c2ncnc3c2cnn3-c2ccc(Cl)cc2)n1. The average Bonchev–Trinajstić information content (AvgIpc) is 3.49. The summed E-state index contributed by atoms with van der Waals surface area (Å²) in [6, 6.07) is 13.0. The number of rotatable bonds is 5. The van der Waals surface area contributed by atoms with Crippen molar-refractivity contribution in [3.63, 3.8) is 0 Å². The third-order valence-corrected chi connectivity index (χ3v) is 5.76. The van der Waals surface area contributed by atoms with Crippen LogP contribution in [0.2, 0.25) is 5.02 Å². The Morgan fingerprint density at radius 2 is 2.00 bits per heavy atom. The second-order valence-corrected chi connectivity index (χ2v) is 8.32. The van der Waals surface area contributed by atoms with Crippen LogP contribution >= 0.6 is 22.9 Å². The van der Waals surface area contributed by atoms with E-state index in [9.17, 15) is 4.79 Å². The molecule has 0 aliphatic heterocycles. The molecule has 10 heteroatoms. The summed E-state index contributed by atoms with van der Waals surface area (Å²) in [5.74, 6) is 0.953. The van der Waals surface area contributed by atoms with E-state index in [-0.39, 0.29) is 5.91 Å². The van der Waals surface area contributed by atoms with Gasteiger partial charge in [-0.25, -0.2) is 14.6 Å². The predicted molar refractivity (Wildman–Crippen MR) is 120 cm³/mol. The zero-order chi connectivity index (χ0) is 21.4. The topological polar surface area (TPSA) is 90.5 Å². The molecule has 0 atom stereocenters. The third-order valence-electron chi connectivity index (χ3n) is 4.63. The molecule has 0 saturated carbocycles. The van der Waals surface area contributed by atoms with Crippen LogP contribution in [0.5, 0.6) is 0 Å². The molecule has 31 heavy (non-hydrogen) atoms. The lowest BCUT2D eigenvalue weighted by molar-refractivity contribution is -0.115. The molecule has 0 bridgehead atoms. The van der Waals surface area contributed by atoms with Gasteiger partial charge >= 0.3 is 0 Å². The summed E-state index contributed by atoms with van der Waals surface area (Å²) in [6.45, 7) is 1.86. The summed E-state index contributed by atoms with van der Waals surface area (Å²) in [5.41, 5.74) is 2.20. The molecule has 0 aliphatic rings. The molecule has 0 unspecified atom stereocenters. The van der Waals surface area contributed by atoms with Gasteiger partial charge in [-0.1, -0.05) is 17.7 Å². The summed E-state index contributed by atoms with van der Waals surface area (Å²) in [6.07, 6.45) is 3.45. The van der Waals surface area contributed by atoms with Gasteiger partial charge in [0, 0.05) is 16.0 Å². The van der Waals surface area contributed by atoms with Crippen molar-refractivity contribution in [1.29, 1.82) is 0 Å². The molecule has 5 aromatic rings. The van der Waals surface area contributed by atoms with Crippen LogP contribution in [0.3, 0.4) is 0 Å². The van der Waals surface area contributed by atoms with E-state index in [1.165, 1.54) is 6.33 Å². The summed E-state index contributed by atoms with van der Waals surface area (Å²) in [4.78, 5) is 22.4. The van der Waals surface area contributed by atoms with E-state index in [0.29, 0.717) is 34.1 Å². The van der Waals surface area contributed by atoms with Crippen molar-refractivity contribution in [1.82, 2.24) is 29.5 Å². The highest BCUT2D eigenvalue weighted by molar-refractivity contribution is 7.10. The summed E-state index contributed by atoms with van der Waals surface area (Å²) >= 11 is 7.55. The molecule has 8 nitrogen and oxygen atoms in total. The van der Waals surface area contributed by atoms with Gasteiger partial charge in [-0.05, 0) is 42.6 Å². The number of benzene rings is 1. The Morgan fingerprint density at radius 1 is 1.16 bits per heavy atom. The van der Waals surface area contributed by atoms with Crippen molar-refractivity contribution in [3.05, 3.63) is 76.0 Å². The number of nitrogens with one attached hydrogen (secondary N) is 1. The van der Waals surface area contributed by atoms with E-state index >= 15 is 0 Å². The van der Waals surface area contributed by atoms with Gasteiger partial charge in [0.1, 0.15) is 12.1 Å². The standard InChI is InChI=1S/C21H16ClN7OS/c1-13-9-18(26-19(30)10-16-3-2-8-31-16)29(27-13)21-17-11-25-28(20(17)23-12-24-21)15-6-4-14(22)5-7-15/h2-9,11-12H,10H2,1H3,(H,26,30). The fraction of sp³-hybridized carbons (Fsp3) is 0.0952. The van der Waals surface area contributed by atoms with Gasteiger partial charge < -0.3 is 5.32 Å². The number of thiophene rings is 1. The minimum Gasteiger partial charge on any atom is -0.310 e. The Bertz CT molecular complexity index is 1370. The summed E-state index contributed by atoms with van der Waals surface area (Å²) < 4.78 is 3.32. The normalized spacial score (nSPS) is 11.2. The first-order valence-electron chi connectivity index (χ1n) is 9.42. The minimum absolute atomic E-state index is 0.120. The largest absolute Gasteiger partial charge is 0.310 e. The Labute approximate surface area is 186 Å². The second-order valence-electron chi connectivity index (χ2n) is 6.85. The van der Waals surface area contributed by atoms with Crippen LogP contribution < -0.4 is 5.32 Å². The summed E-state index contributed by atoms with van der Waals surface area (Å²) in [7, 11) is 0. The number of fused-ring (bicyclic) bond motifs is 1. The highest BCUT2D eigenvalue weighted by atomic mass is 35.5. The fourth-order valence-corrected chi connectivity index (χ4v) is 4.11. The average molecular weight is 450 g/mol. The lowest BCUT2D eigenvalue weighted by Gasteiger charge is -2.09. The van der Waals surface area contributed by atoms with E-state index < -0.39 is 0 Å². The molecule has 0 spiro atoms. The zero-order valence-electron chi connectivity index (χ0n) is 16.4. The van der Waals surface area contributed by atoms with Crippen LogP contribution in [0.15, 0.2) is 60.4 Å². The van der Waals surface area contributed by atoms with E-state index in [0.717, 1.165) is 16.3 Å². The van der Waals surface area contributed by atoms with Crippen LogP contribution in [0.1, 0.15) is 10.6 Å². The lowest BCUT2D eigenvalue weighted by Crippen LogP contribution is -2.17. The highest BCUT2D eigenvalue weighted by Gasteiger charge is 2.18. The molecule has 1 amide bonds. The van der Waals surface area contributed by atoms with Crippen LogP contribution in [-0.2, 0) is 11.2 Å². The molecule has 4 aromatic heterocycles. The molecular weight excluding hydrogens is 434 g/mol. The van der Waals surface area contributed by atoms with Crippen LogP contribution in [-0.4, -0.2) is 35.4 Å². The van der Waals surface area contributed by atoms with Crippen molar-refractivity contribution in [2.24, 2.45) is 0 Å². The van der Waals surface area contributed by atoms with Gasteiger partial charge in [0.25, 0.3) is 0 Å². The zero-order valence-corrected chi connectivity index (χ0v) is 17.9. The molecule has 154 valence electrons. The lowest BCUT2D eigenvalue weighted by atomic mass is 10.3. The maximum atomic E-state index is 12.5. The van der Waals surface area contributed by atoms with Gasteiger partial charge in [0.05, 0.1) is 29.4 Å². The van der Waals surface area contributed by atoms with Crippen molar-refractivity contribution in [2.45, 2.75) is 13.3 Å². The first-order valence-corrected chi connectivity index (χ1v) is 10.7. The number of carbonyl (C=O) groups excluding carboxylic acids is 1. The number of hydrogen-bond acceptors (Lipinski definition) is 6. The molecule has 0 radical (unpaired) electrons. The monoisotopic (exact) mass is 449 g/mol. The third kappa shape index (κ3) is 3.80. The van der Waals surface area contributed by atoms with Crippen molar-refractivity contribution >= 4 is 45.7 Å². The van der Waals surface area contributed by atoms with E-state index in [1.807, 2.05) is 42.6 Å².